The second-order valence-electron chi connectivity index (χ2n) is 4.07. The Morgan fingerprint density at radius 3 is 2.43 bits per heavy atom. The molecule has 0 saturated carbocycles. The summed E-state index contributed by atoms with van der Waals surface area (Å²) in [5.41, 5.74) is 10.9. The van der Waals surface area contributed by atoms with Gasteiger partial charge in [-0.2, -0.15) is 0 Å². The third-order valence-corrected chi connectivity index (χ3v) is 2.08. The number of hydrogen-bond acceptors (Lipinski definition) is 3. The highest BCUT2D eigenvalue weighted by atomic mass is 16.1. The smallest absolute Gasteiger partial charge is 0.220 e. The molecule has 0 radical (unpaired) electrons. The molecule has 0 heterocycles. The third kappa shape index (κ3) is 6.86. The summed E-state index contributed by atoms with van der Waals surface area (Å²) in [7, 11) is 0. The van der Waals surface area contributed by atoms with Crippen molar-refractivity contribution in [1.29, 1.82) is 0 Å². The molecule has 0 aromatic rings. The summed E-state index contributed by atoms with van der Waals surface area (Å²) in [5.74, 6) is 0.949. The Labute approximate surface area is 86.4 Å². The summed E-state index contributed by atoms with van der Waals surface area (Å²) in [6.07, 6.45) is 1.53. The maximum Gasteiger partial charge on any atom is 0.220 e. The molecule has 84 valence electrons. The monoisotopic (exact) mass is 201 g/mol. The van der Waals surface area contributed by atoms with Crippen molar-refractivity contribution in [3.05, 3.63) is 0 Å². The Morgan fingerprint density at radius 2 is 2.00 bits per heavy atom. The predicted molar refractivity (Wildman–Crippen MR) is 58.7 cm³/mol. The number of nitrogens with two attached hydrogens (primary N) is 2. The second-order valence-corrected chi connectivity index (χ2v) is 4.07. The second kappa shape index (κ2) is 7.76. The molecule has 0 rings (SSSR count). The molecule has 0 aliphatic rings. The molecule has 0 aliphatic heterocycles. The maximum atomic E-state index is 11.3. The lowest BCUT2D eigenvalue weighted by Crippen LogP contribution is -2.32. The van der Waals surface area contributed by atoms with Crippen LogP contribution >= 0.6 is 0 Å². The van der Waals surface area contributed by atoms with E-state index in [0.717, 1.165) is 6.42 Å². The minimum atomic E-state index is 0.0616. The zero-order valence-electron chi connectivity index (χ0n) is 9.25. The van der Waals surface area contributed by atoms with Crippen LogP contribution in [0, 0.1) is 11.8 Å². The fourth-order valence-electron chi connectivity index (χ4n) is 1.48. The average molecular weight is 201 g/mol. The van der Waals surface area contributed by atoms with Gasteiger partial charge in [0.25, 0.3) is 0 Å². The third-order valence-electron chi connectivity index (χ3n) is 2.08. The van der Waals surface area contributed by atoms with Crippen LogP contribution in [0.4, 0.5) is 0 Å². The largest absolute Gasteiger partial charge is 0.355 e. The van der Waals surface area contributed by atoms with Gasteiger partial charge in [0.2, 0.25) is 5.91 Å². The highest BCUT2D eigenvalue weighted by molar-refractivity contribution is 5.76. The number of hydrogen-bond donors (Lipinski definition) is 3. The predicted octanol–water partition coefficient (Wildman–Crippen LogP) is 0.0724. The Morgan fingerprint density at radius 1 is 1.36 bits per heavy atom. The lowest BCUT2D eigenvalue weighted by Gasteiger charge is -2.16. The van der Waals surface area contributed by atoms with Crippen LogP contribution in [0.3, 0.4) is 0 Å². The van der Waals surface area contributed by atoms with E-state index < -0.39 is 0 Å². The van der Waals surface area contributed by atoms with E-state index >= 15 is 0 Å². The van der Waals surface area contributed by atoms with Crippen molar-refractivity contribution >= 4 is 5.91 Å². The van der Waals surface area contributed by atoms with E-state index in [0.29, 0.717) is 37.9 Å². The number of rotatable bonds is 7. The fourth-order valence-corrected chi connectivity index (χ4v) is 1.48. The zero-order valence-corrected chi connectivity index (χ0v) is 9.25. The molecular formula is C10H23N3O. The van der Waals surface area contributed by atoms with Crippen molar-refractivity contribution < 1.29 is 4.79 Å². The highest BCUT2D eigenvalue weighted by Gasteiger charge is 2.13. The van der Waals surface area contributed by atoms with Gasteiger partial charge >= 0.3 is 0 Å². The van der Waals surface area contributed by atoms with Gasteiger partial charge in [-0.05, 0) is 24.8 Å². The lowest BCUT2D eigenvalue weighted by atomic mass is 9.94. The first-order chi connectivity index (χ1) is 6.60. The SMILES string of the molecule is CC(C)CC(CN)CC(=O)NCCN. The molecule has 0 aromatic carbocycles. The molecule has 1 atom stereocenters. The van der Waals surface area contributed by atoms with Crippen molar-refractivity contribution in [2.24, 2.45) is 23.3 Å². The normalized spacial score (nSPS) is 12.9. The number of carbonyl (C=O) groups is 1. The number of carbonyl (C=O) groups excluding carboxylic acids is 1. The first-order valence-corrected chi connectivity index (χ1v) is 5.27. The van der Waals surface area contributed by atoms with Crippen LogP contribution in [0.25, 0.3) is 0 Å². The van der Waals surface area contributed by atoms with Crippen molar-refractivity contribution in [2.75, 3.05) is 19.6 Å². The molecule has 1 amide bonds. The highest BCUT2D eigenvalue weighted by Crippen LogP contribution is 2.13. The van der Waals surface area contributed by atoms with Crippen LogP contribution in [0.5, 0.6) is 0 Å². The maximum absolute atomic E-state index is 11.3. The summed E-state index contributed by atoms with van der Waals surface area (Å²) < 4.78 is 0. The first kappa shape index (κ1) is 13.4. The Bertz CT molecular complexity index is 159. The topological polar surface area (TPSA) is 81.1 Å². The molecule has 0 spiro atoms. The van der Waals surface area contributed by atoms with Crippen LogP contribution < -0.4 is 16.8 Å². The summed E-state index contributed by atoms with van der Waals surface area (Å²) in [5, 5.41) is 2.75. The van der Waals surface area contributed by atoms with E-state index in [-0.39, 0.29) is 5.91 Å². The minimum absolute atomic E-state index is 0.0616. The molecular weight excluding hydrogens is 178 g/mol. The van der Waals surface area contributed by atoms with Crippen molar-refractivity contribution in [1.82, 2.24) is 5.32 Å². The Kier molecular flexibility index (Phi) is 7.42. The van der Waals surface area contributed by atoms with Crippen molar-refractivity contribution in [2.45, 2.75) is 26.7 Å². The standard InChI is InChI=1S/C10H23N3O/c1-8(2)5-9(7-12)6-10(14)13-4-3-11/h8-9H,3-7,11-12H2,1-2H3,(H,13,14). The van der Waals surface area contributed by atoms with E-state index in [1.807, 2.05) is 0 Å². The number of nitrogens with one attached hydrogen (secondary N) is 1. The number of amides is 1. The molecule has 1 unspecified atom stereocenters. The van der Waals surface area contributed by atoms with Gasteiger partial charge in [0.05, 0.1) is 0 Å². The van der Waals surface area contributed by atoms with Gasteiger partial charge in [-0.15, -0.1) is 0 Å². The fraction of sp³-hybridized carbons (Fsp3) is 0.900. The molecule has 4 heteroatoms. The van der Waals surface area contributed by atoms with E-state index in [1.54, 1.807) is 0 Å². The van der Waals surface area contributed by atoms with Gasteiger partial charge in [-0.3, -0.25) is 4.79 Å². The minimum Gasteiger partial charge on any atom is -0.355 e. The van der Waals surface area contributed by atoms with Gasteiger partial charge in [-0.1, -0.05) is 13.8 Å². The van der Waals surface area contributed by atoms with Gasteiger partial charge in [0.15, 0.2) is 0 Å². The molecule has 5 N–H and O–H groups in total. The van der Waals surface area contributed by atoms with Crippen molar-refractivity contribution in [3.63, 3.8) is 0 Å². The average Bonchev–Trinajstić information content (AvgIpc) is 2.12. The summed E-state index contributed by atoms with van der Waals surface area (Å²) >= 11 is 0. The van der Waals surface area contributed by atoms with Crippen LogP contribution in [0.1, 0.15) is 26.7 Å². The zero-order chi connectivity index (χ0) is 11.0. The van der Waals surface area contributed by atoms with Crippen LogP contribution in [-0.2, 0) is 4.79 Å². The van der Waals surface area contributed by atoms with Crippen LogP contribution in [0.2, 0.25) is 0 Å². The molecule has 4 nitrogen and oxygen atoms in total. The van der Waals surface area contributed by atoms with Gasteiger partial charge in [-0.25, -0.2) is 0 Å². The summed E-state index contributed by atoms with van der Waals surface area (Å²) in [6, 6.07) is 0. The molecule has 0 aliphatic carbocycles. The van der Waals surface area contributed by atoms with Gasteiger partial charge < -0.3 is 16.8 Å². The first-order valence-electron chi connectivity index (χ1n) is 5.27. The van der Waals surface area contributed by atoms with E-state index in [4.69, 9.17) is 11.5 Å². The molecule has 14 heavy (non-hydrogen) atoms. The molecule has 0 saturated heterocycles. The van der Waals surface area contributed by atoms with Crippen LogP contribution in [0.15, 0.2) is 0 Å². The van der Waals surface area contributed by atoms with E-state index in [1.165, 1.54) is 0 Å². The lowest BCUT2D eigenvalue weighted by molar-refractivity contribution is -0.122. The molecule has 0 aromatic heterocycles. The van der Waals surface area contributed by atoms with Gasteiger partial charge in [0, 0.05) is 19.5 Å². The van der Waals surface area contributed by atoms with E-state index in [2.05, 4.69) is 19.2 Å². The van der Waals surface area contributed by atoms with Gasteiger partial charge in [0.1, 0.15) is 0 Å². The van der Waals surface area contributed by atoms with Crippen LogP contribution in [-0.4, -0.2) is 25.5 Å². The summed E-state index contributed by atoms with van der Waals surface area (Å²) in [4.78, 5) is 11.3. The Hall–Kier alpha value is -0.610. The summed E-state index contributed by atoms with van der Waals surface area (Å²) in [6.45, 7) is 5.90. The van der Waals surface area contributed by atoms with E-state index in [9.17, 15) is 4.79 Å². The van der Waals surface area contributed by atoms with Crippen molar-refractivity contribution in [3.8, 4) is 0 Å². The Balaban J connectivity index is 3.74. The quantitative estimate of drug-likeness (QED) is 0.545. The molecule has 0 fully saturated rings. The molecule has 0 bridgehead atoms.